The first-order valence-electron chi connectivity index (χ1n) is 7.61. The van der Waals surface area contributed by atoms with E-state index in [-0.39, 0.29) is 22.9 Å². The highest BCUT2D eigenvalue weighted by atomic mass is 32.2. The fraction of sp³-hybridized carbons (Fsp3) is 0.400. The number of benzene rings is 1. The van der Waals surface area contributed by atoms with E-state index >= 15 is 0 Å². The van der Waals surface area contributed by atoms with Crippen LogP contribution in [-0.2, 0) is 14.9 Å². The van der Waals surface area contributed by atoms with Gasteiger partial charge in [-0.1, -0.05) is 0 Å². The molecule has 0 saturated carbocycles. The van der Waals surface area contributed by atoms with Crippen LogP contribution in [0.4, 0.5) is 23.4 Å². The van der Waals surface area contributed by atoms with Gasteiger partial charge in [0.25, 0.3) is 5.88 Å². The Kier molecular flexibility index (Phi) is 5.69. The van der Waals surface area contributed by atoms with E-state index in [0.717, 1.165) is 13.2 Å². The number of hydrogen-bond donors (Lipinski definition) is 0. The van der Waals surface area contributed by atoms with Gasteiger partial charge in [-0.25, -0.2) is 19.2 Å². The molecule has 0 aliphatic heterocycles. The third-order valence-corrected chi connectivity index (χ3v) is 4.63. The molecule has 2 aromatic rings. The molecule has 28 heavy (non-hydrogen) atoms. The Hall–Kier alpha value is -2.70. The highest BCUT2D eigenvalue weighted by molar-refractivity contribution is 7.88. The molecule has 0 N–H and O–H groups in total. The number of carbonyl (C=O) groups is 1. The van der Waals surface area contributed by atoms with Crippen LogP contribution in [0.1, 0.15) is 24.2 Å². The highest BCUT2D eigenvalue weighted by Gasteiger charge is 2.49. The Morgan fingerprint density at radius 3 is 2.25 bits per heavy atom. The molecule has 1 aromatic heterocycles. The number of nitrogens with zero attached hydrogens (tertiary/aromatic N) is 3. The van der Waals surface area contributed by atoms with Crippen LogP contribution >= 0.6 is 0 Å². The lowest BCUT2D eigenvalue weighted by atomic mass is 10.2. The first-order chi connectivity index (χ1) is 12.8. The van der Waals surface area contributed by atoms with Gasteiger partial charge in [0.2, 0.25) is 0 Å². The second kappa shape index (κ2) is 7.37. The van der Waals surface area contributed by atoms with Crippen LogP contribution in [0.15, 0.2) is 12.1 Å². The summed E-state index contributed by atoms with van der Waals surface area (Å²) in [4.78, 5) is 20.6. The lowest BCUT2D eigenvalue weighted by Crippen LogP contribution is -2.31. The van der Waals surface area contributed by atoms with E-state index < -0.39 is 38.9 Å². The van der Waals surface area contributed by atoms with Crippen LogP contribution in [0, 0.1) is 5.82 Å². The standard InChI is InChI=1S/C15H15F4N3O5S/c1-7(2)22(3)12-13(27-28(24,25)15(17,18)19)21-11-6-9(16)8(14(23)26-4)5-10(11)20-12/h5-7H,1-4H3. The van der Waals surface area contributed by atoms with E-state index in [1.54, 1.807) is 13.8 Å². The van der Waals surface area contributed by atoms with Crippen molar-refractivity contribution in [2.45, 2.75) is 25.4 Å². The summed E-state index contributed by atoms with van der Waals surface area (Å²) in [6.07, 6.45) is 0. The van der Waals surface area contributed by atoms with E-state index in [2.05, 4.69) is 18.9 Å². The molecule has 0 saturated heterocycles. The lowest BCUT2D eigenvalue weighted by molar-refractivity contribution is -0.0501. The number of halogens is 4. The van der Waals surface area contributed by atoms with Gasteiger partial charge in [-0.05, 0) is 19.9 Å². The van der Waals surface area contributed by atoms with E-state index in [9.17, 15) is 30.8 Å². The van der Waals surface area contributed by atoms with Gasteiger partial charge in [-0.3, -0.25) is 0 Å². The minimum Gasteiger partial charge on any atom is -0.465 e. The fourth-order valence-corrected chi connectivity index (χ4v) is 2.41. The molecular formula is C15H15F4N3O5S. The maximum atomic E-state index is 14.1. The lowest BCUT2D eigenvalue weighted by Gasteiger charge is -2.24. The van der Waals surface area contributed by atoms with Crippen molar-refractivity contribution in [2.24, 2.45) is 0 Å². The quantitative estimate of drug-likeness (QED) is 0.312. The summed E-state index contributed by atoms with van der Waals surface area (Å²) in [7, 11) is -3.58. The van der Waals surface area contributed by atoms with Crippen molar-refractivity contribution in [3.63, 3.8) is 0 Å². The van der Waals surface area contributed by atoms with Gasteiger partial charge >= 0.3 is 21.6 Å². The van der Waals surface area contributed by atoms with Crippen molar-refractivity contribution < 1.29 is 39.7 Å². The molecule has 2 rings (SSSR count). The maximum absolute atomic E-state index is 14.1. The van der Waals surface area contributed by atoms with Gasteiger partial charge in [-0.15, -0.1) is 0 Å². The first-order valence-corrected chi connectivity index (χ1v) is 9.02. The second-order valence-electron chi connectivity index (χ2n) is 5.85. The van der Waals surface area contributed by atoms with Crippen molar-refractivity contribution in [2.75, 3.05) is 19.1 Å². The summed E-state index contributed by atoms with van der Waals surface area (Å²) < 4.78 is 83.5. The van der Waals surface area contributed by atoms with E-state index in [1.165, 1.54) is 11.9 Å². The Bertz CT molecular complexity index is 1020. The molecule has 0 atom stereocenters. The normalized spacial score (nSPS) is 12.3. The zero-order chi connectivity index (χ0) is 21.4. The average molecular weight is 425 g/mol. The number of aromatic nitrogens is 2. The highest BCUT2D eigenvalue weighted by Crippen LogP contribution is 2.33. The molecule has 0 unspecified atom stereocenters. The SMILES string of the molecule is COC(=O)c1cc2nc(N(C)C(C)C)c(OS(=O)(=O)C(F)(F)F)nc2cc1F. The molecule has 8 nitrogen and oxygen atoms in total. The molecule has 0 radical (unpaired) electrons. The molecule has 154 valence electrons. The summed E-state index contributed by atoms with van der Waals surface area (Å²) in [6, 6.07) is 1.35. The summed E-state index contributed by atoms with van der Waals surface area (Å²) in [5.74, 6) is -3.41. The molecule has 13 heteroatoms. The number of anilines is 1. The van der Waals surface area contributed by atoms with Crippen molar-refractivity contribution >= 4 is 32.9 Å². The molecule has 0 spiro atoms. The van der Waals surface area contributed by atoms with Crippen LogP contribution in [-0.4, -0.2) is 50.1 Å². The number of alkyl halides is 3. The number of fused-ring (bicyclic) bond motifs is 1. The van der Waals surface area contributed by atoms with Gasteiger partial charge in [-0.2, -0.15) is 21.6 Å². The Balaban J connectivity index is 2.74. The first kappa shape index (κ1) is 21.6. The summed E-state index contributed by atoms with van der Waals surface area (Å²) >= 11 is 0. The average Bonchev–Trinajstić information content (AvgIpc) is 2.58. The largest absolute Gasteiger partial charge is 0.534 e. The predicted octanol–water partition coefficient (Wildman–Crippen LogP) is 2.63. The molecule has 0 aliphatic rings. The summed E-state index contributed by atoms with van der Waals surface area (Å²) in [5.41, 5.74) is -6.57. The molecule has 1 aromatic carbocycles. The number of esters is 1. The second-order valence-corrected chi connectivity index (χ2v) is 7.39. The monoisotopic (exact) mass is 425 g/mol. The molecule has 1 heterocycles. The van der Waals surface area contributed by atoms with E-state index in [4.69, 9.17) is 0 Å². The molecule has 0 aliphatic carbocycles. The smallest absolute Gasteiger partial charge is 0.465 e. The summed E-state index contributed by atoms with van der Waals surface area (Å²) in [6.45, 7) is 3.30. The molecule has 0 amide bonds. The van der Waals surface area contributed by atoms with Gasteiger partial charge in [0.05, 0.1) is 23.7 Å². The van der Waals surface area contributed by atoms with Crippen molar-refractivity contribution in [3.05, 3.63) is 23.5 Å². The van der Waals surface area contributed by atoms with Crippen molar-refractivity contribution in [1.29, 1.82) is 0 Å². The molecular weight excluding hydrogens is 410 g/mol. The van der Waals surface area contributed by atoms with Crippen LogP contribution in [0.25, 0.3) is 11.0 Å². The third-order valence-electron chi connectivity index (χ3n) is 3.69. The van der Waals surface area contributed by atoms with Gasteiger partial charge < -0.3 is 13.8 Å². The zero-order valence-corrected chi connectivity index (χ0v) is 15.9. The summed E-state index contributed by atoms with van der Waals surface area (Å²) in [5, 5.41) is 0. The molecule has 0 fully saturated rings. The number of carbonyl (C=O) groups excluding carboxylic acids is 1. The number of rotatable bonds is 5. The Morgan fingerprint density at radius 2 is 1.75 bits per heavy atom. The topological polar surface area (TPSA) is 98.7 Å². The van der Waals surface area contributed by atoms with Crippen LogP contribution in [0.2, 0.25) is 0 Å². The van der Waals surface area contributed by atoms with Crippen LogP contribution in [0.5, 0.6) is 5.88 Å². The van der Waals surface area contributed by atoms with Crippen LogP contribution < -0.4 is 9.08 Å². The van der Waals surface area contributed by atoms with Gasteiger partial charge in [0.15, 0.2) is 5.82 Å². The Labute approximate surface area is 157 Å². The van der Waals surface area contributed by atoms with Gasteiger partial charge in [0, 0.05) is 19.2 Å². The van der Waals surface area contributed by atoms with Crippen molar-refractivity contribution in [3.8, 4) is 5.88 Å². The Morgan fingerprint density at radius 1 is 1.18 bits per heavy atom. The van der Waals surface area contributed by atoms with Gasteiger partial charge in [0.1, 0.15) is 5.82 Å². The maximum Gasteiger partial charge on any atom is 0.534 e. The predicted molar refractivity (Wildman–Crippen MR) is 90.0 cm³/mol. The number of ether oxygens (including phenoxy) is 1. The zero-order valence-electron chi connectivity index (χ0n) is 15.0. The van der Waals surface area contributed by atoms with E-state index in [1.807, 2.05) is 0 Å². The van der Waals surface area contributed by atoms with Crippen molar-refractivity contribution in [1.82, 2.24) is 9.97 Å². The van der Waals surface area contributed by atoms with Crippen LogP contribution in [0.3, 0.4) is 0 Å². The fourth-order valence-electron chi connectivity index (χ4n) is 2.00. The number of methoxy groups -OCH3 is 1. The minimum absolute atomic E-state index is 0.0824. The number of hydrogen-bond acceptors (Lipinski definition) is 8. The minimum atomic E-state index is -6.03. The van der Waals surface area contributed by atoms with E-state index in [0.29, 0.717) is 6.07 Å². The third kappa shape index (κ3) is 4.08. The molecule has 0 bridgehead atoms.